The van der Waals surface area contributed by atoms with Crippen LogP contribution in [0.5, 0.6) is 0 Å². The Morgan fingerprint density at radius 2 is 1.95 bits per heavy atom. The van der Waals surface area contributed by atoms with Crippen molar-refractivity contribution >= 4 is 11.9 Å². The van der Waals surface area contributed by atoms with E-state index in [0.29, 0.717) is 19.7 Å². The lowest BCUT2D eigenvalue weighted by Gasteiger charge is -2.35. The lowest BCUT2D eigenvalue weighted by atomic mass is 9.96. The van der Waals surface area contributed by atoms with Crippen LogP contribution in [0, 0.1) is 0 Å². The van der Waals surface area contributed by atoms with E-state index in [1.54, 1.807) is 11.1 Å². The minimum atomic E-state index is -0.227. The molecule has 2 heterocycles. The van der Waals surface area contributed by atoms with Gasteiger partial charge in [0.05, 0.1) is 6.61 Å². The molecule has 1 aromatic rings. The molecule has 1 fully saturated rings. The lowest BCUT2D eigenvalue weighted by molar-refractivity contribution is 0.105. The van der Waals surface area contributed by atoms with Crippen LogP contribution >= 0.6 is 0 Å². The van der Waals surface area contributed by atoms with Crippen molar-refractivity contribution < 1.29 is 9.53 Å². The molecule has 6 nitrogen and oxygen atoms in total. The first-order chi connectivity index (χ1) is 9.91. The second-order valence-electron chi connectivity index (χ2n) is 6.16. The summed E-state index contributed by atoms with van der Waals surface area (Å²) < 4.78 is 5.03. The molecular formula is C15H24N4O2. The Balaban J connectivity index is 2.01. The van der Waals surface area contributed by atoms with E-state index in [1.807, 2.05) is 13.0 Å². The summed E-state index contributed by atoms with van der Waals surface area (Å²) >= 11 is 0. The molecule has 6 heteroatoms. The van der Waals surface area contributed by atoms with Crippen LogP contribution in [0.25, 0.3) is 0 Å². The lowest BCUT2D eigenvalue weighted by Crippen LogP contribution is -2.49. The molecule has 0 saturated carbocycles. The van der Waals surface area contributed by atoms with Gasteiger partial charge in [-0.2, -0.15) is 0 Å². The molecule has 2 rings (SSSR count). The number of piperazine rings is 1. The molecule has 0 unspecified atom stereocenters. The Kier molecular flexibility index (Phi) is 4.65. The number of anilines is 1. The van der Waals surface area contributed by atoms with E-state index < -0.39 is 0 Å². The van der Waals surface area contributed by atoms with Crippen LogP contribution in [0.4, 0.5) is 10.6 Å². The molecule has 21 heavy (non-hydrogen) atoms. The number of carbonyl (C=O) groups excluding carboxylic acids is 1. The van der Waals surface area contributed by atoms with Crippen molar-refractivity contribution in [1.29, 1.82) is 0 Å². The fourth-order valence-electron chi connectivity index (χ4n) is 2.22. The molecule has 0 aliphatic carbocycles. The van der Waals surface area contributed by atoms with Gasteiger partial charge in [0.15, 0.2) is 0 Å². The zero-order chi connectivity index (χ0) is 15.5. The van der Waals surface area contributed by atoms with Crippen LogP contribution in [-0.4, -0.2) is 53.7 Å². The number of amides is 1. The smallest absolute Gasteiger partial charge is 0.409 e. The standard InChI is InChI=1S/C15H24N4O2/c1-5-21-14(20)19-10-8-18(9-11-19)12-6-7-16-13(17-12)15(2,3)4/h6-7H,5,8-11H2,1-4H3. The zero-order valence-electron chi connectivity index (χ0n) is 13.3. The van der Waals surface area contributed by atoms with Crippen LogP contribution in [-0.2, 0) is 10.2 Å². The number of aromatic nitrogens is 2. The molecule has 0 spiro atoms. The fourth-order valence-corrected chi connectivity index (χ4v) is 2.22. The third-order valence-corrected chi connectivity index (χ3v) is 3.44. The normalized spacial score (nSPS) is 16.0. The number of hydrogen-bond donors (Lipinski definition) is 0. The van der Waals surface area contributed by atoms with Gasteiger partial charge < -0.3 is 14.5 Å². The predicted octanol–water partition coefficient (Wildman–Crippen LogP) is 2.05. The third-order valence-electron chi connectivity index (χ3n) is 3.44. The summed E-state index contributed by atoms with van der Waals surface area (Å²) in [7, 11) is 0. The van der Waals surface area contributed by atoms with Gasteiger partial charge in [-0.1, -0.05) is 20.8 Å². The largest absolute Gasteiger partial charge is 0.450 e. The first-order valence-electron chi connectivity index (χ1n) is 7.42. The predicted molar refractivity (Wildman–Crippen MR) is 81.5 cm³/mol. The van der Waals surface area contributed by atoms with Crippen molar-refractivity contribution in [3.63, 3.8) is 0 Å². The highest BCUT2D eigenvalue weighted by atomic mass is 16.6. The van der Waals surface area contributed by atoms with Crippen molar-refractivity contribution in [2.45, 2.75) is 33.1 Å². The Bertz CT molecular complexity index is 491. The molecule has 1 aliphatic heterocycles. The Morgan fingerprint density at radius 1 is 1.29 bits per heavy atom. The fraction of sp³-hybridized carbons (Fsp3) is 0.667. The van der Waals surface area contributed by atoms with E-state index in [-0.39, 0.29) is 11.5 Å². The van der Waals surface area contributed by atoms with Gasteiger partial charge in [0.1, 0.15) is 11.6 Å². The number of nitrogens with zero attached hydrogens (tertiary/aromatic N) is 4. The molecular weight excluding hydrogens is 268 g/mol. The van der Waals surface area contributed by atoms with Crippen LogP contribution in [0.2, 0.25) is 0 Å². The summed E-state index contributed by atoms with van der Waals surface area (Å²) in [5.74, 6) is 1.77. The third kappa shape index (κ3) is 3.83. The molecule has 1 amide bonds. The minimum Gasteiger partial charge on any atom is -0.450 e. The molecule has 0 N–H and O–H groups in total. The topological polar surface area (TPSA) is 58.6 Å². The summed E-state index contributed by atoms with van der Waals surface area (Å²) in [4.78, 5) is 24.6. The minimum absolute atomic E-state index is 0.0667. The van der Waals surface area contributed by atoms with Crippen molar-refractivity contribution in [2.75, 3.05) is 37.7 Å². The molecule has 0 atom stereocenters. The van der Waals surface area contributed by atoms with Crippen molar-refractivity contribution in [3.8, 4) is 0 Å². The van der Waals surface area contributed by atoms with Gasteiger partial charge in [-0.15, -0.1) is 0 Å². The maximum atomic E-state index is 11.7. The van der Waals surface area contributed by atoms with Crippen molar-refractivity contribution in [2.24, 2.45) is 0 Å². The van der Waals surface area contributed by atoms with Gasteiger partial charge in [-0.25, -0.2) is 14.8 Å². The molecule has 1 aliphatic rings. The van der Waals surface area contributed by atoms with Gasteiger partial charge in [0.2, 0.25) is 0 Å². The van der Waals surface area contributed by atoms with E-state index >= 15 is 0 Å². The van der Waals surface area contributed by atoms with E-state index in [1.165, 1.54) is 0 Å². The van der Waals surface area contributed by atoms with E-state index in [4.69, 9.17) is 4.74 Å². The quantitative estimate of drug-likeness (QED) is 0.835. The van der Waals surface area contributed by atoms with Crippen LogP contribution in [0.3, 0.4) is 0 Å². The van der Waals surface area contributed by atoms with Crippen LogP contribution < -0.4 is 4.90 Å². The number of carbonyl (C=O) groups is 1. The van der Waals surface area contributed by atoms with E-state index in [2.05, 4.69) is 35.6 Å². The van der Waals surface area contributed by atoms with Crippen molar-refractivity contribution in [1.82, 2.24) is 14.9 Å². The maximum Gasteiger partial charge on any atom is 0.409 e. The van der Waals surface area contributed by atoms with Gasteiger partial charge in [0.25, 0.3) is 0 Å². The van der Waals surface area contributed by atoms with Gasteiger partial charge >= 0.3 is 6.09 Å². The molecule has 116 valence electrons. The number of rotatable bonds is 2. The average molecular weight is 292 g/mol. The maximum absolute atomic E-state index is 11.7. The summed E-state index contributed by atoms with van der Waals surface area (Å²) in [6.45, 7) is 11.4. The zero-order valence-corrected chi connectivity index (χ0v) is 13.3. The Labute approximate surface area is 126 Å². The average Bonchev–Trinajstić information content (AvgIpc) is 2.47. The summed E-state index contributed by atoms with van der Waals surface area (Å²) in [6, 6.07) is 1.93. The molecule has 1 aromatic heterocycles. The van der Waals surface area contributed by atoms with Gasteiger partial charge in [-0.05, 0) is 13.0 Å². The molecule has 0 bridgehead atoms. The van der Waals surface area contributed by atoms with Crippen LogP contribution in [0.1, 0.15) is 33.5 Å². The van der Waals surface area contributed by atoms with E-state index in [0.717, 1.165) is 24.7 Å². The molecule has 1 saturated heterocycles. The Morgan fingerprint density at radius 3 is 2.52 bits per heavy atom. The van der Waals surface area contributed by atoms with E-state index in [9.17, 15) is 4.79 Å². The van der Waals surface area contributed by atoms with Gasteiger partial charge in [0, 0.05) is 37.8 Å². The highest BCUT2D eigenvalue weighted by molar-refractivity contribution is 5.68. The number of hydrogen-bond acceptors (Lipinski definition) is 5. The second-order valence-corrected chi connectivity index (χ2v) is 6.16. The Hall–Kier alpha value is -1.85. The highest BCUT2D eigenvalue weighted by Gasteiger charge is 2.24. The first-order valence-corrected chi connectivity index (χ1v) is 7.42. The summed E-state index contributed by atoms with van der Waals surface area (Å²) in [6.07, 6.45) is 1.58. The molecule has 0 radical (unpaired) electrons. The van der Waals surface area contributed by atoms with Crippen molar-refractivity contribution in [3.05, 3.63) is 18.1 Å². The first kappa shape index (κ1) is 15.5. The monoisotopic (exact) mass is 292 g/mol. The molecule has 0 aromatic carbocycles. The SMILES string of the molecule is CCOC(=O)N1CCN(c2ccnc(C(C)(C)C)n2)CC1. The summed E-state index contributed by atoms with van der Waals surface area (Å²) in [5.41, 5.74) is -0.0667. The highest BCUT2D eigenvalue weighted by Crippen LogP contribution is 2.21. The number of ether oxygens (including phenoxy) is 1. The second kappa shape index (κ2) is 6.28. The van der Waals surface area contributed by atoms with Crippen LogP contribution in [0.15, 0.2) is 12.3 Å². The van der Waals surface area contributed by atoms with Gasteiger partial charge in [-0.3, -0.25) is 0 Å². The summed E-state index contributed by atoms with van der Waals surface area (Å²) in [5, 5.41) is 0.